The molecule has 3 aliphatic rings. The molecule has 67 heavy (non-hydrogen) atoms. The van der Waals surface area contributed by atoms with Crippen molar-refractivity contribution in [3.05, 3.63) is 141 Å². The van der Waals surface area contributed by atoms with Crippen molar-refractivity contribution in [1.82, 2.24) is 23.9 Å². The number of nitrogens with zero attached hydrogens (tertiary/aromatic N) is 4. The lowest BCUT2D eigenvalue weighted by molar-refractivity contribution is 0.0703. The maximum Gasteiger partial charge on any atom is 0.282 e. The summed E-state index contributed by atoms with van der Waals surface area (Å²) in [6.45, 7) is 15.8. The molecule has 0 amide bonds. The van der Waals surface area contributed by atoms with Gasteiger partial charge in [0.25, 0.3) is 10.2 Å². The monoisotopic (exact) mass is 925 g/mol. The molecule has 9 rings (SSSR count). The summed E-state index contributed by atoms with van der Waals surface area (Å²) in [5.74, 6) is -0.792. The third-order valence-corrected chi connectivity index (χ3v) is 15.1. The Balaban J connectivity index is 0.000000188. The number of hydrogen-bond acceptors (Lipinski definition) is 8. The van der Waals surface area contributed by atoms with Gasteiger partial charge in [-0.1, -0.05) is 62.4 Å². The maximum absolute atomic E-state index is 15.0. The highest BCUT2D eigenvalue weighted by molar-refractivity contribution is 7.86. The van der Waals surface area contributed by atoms with Gasteiger partial charge in [-0.15, -0.1) is 0 Å². The summed E-state index contributed by atoms with van der Waals surface area (Å²) in [5, 5.41) is 5.07. The molecule has 0 unspecified atom stereocenters. The number of carbonyl (C=O) groups is 2. The van der Waals surface area contributed by atoms with Crippen LogP contribution in [0.3, 0.4) is 0 Å². The minimum atomic E-state index is -3.55. The number of pyridine rings is 2. The first kappa shape index (κ1) is 47.7. The summed E-state index contributed by atoms with van der Waals surface area (Å²) in [7, 11) is -3.55. The summed E-state index contributed by atoms with van der Waals surface area (Å²) >= 11 is 0. The van der Waals surface area contributed by atoms with Crippen molar-refractivity contribution in [1.29, 1.82) is 0 Å². The number of aryl methyl sites for hydroxylation is 4. The lowest BCUT2D eigenvalue weighted by Crippen LogP contribution is -2.49. The first-order valence-electron chi connectivity index (χ1n) is 23.1. The summed E-state index contributed by atoms with van der Waals surface area (Å²) in [4.78, 5) is 34.4. The SMILES string of the molecule is CCC(=O)c1cc(-c2ccccc2F)c2c(C)c(C3=CCN(S(=O)(=O)N4CCOCC4)CC3)c(C)cc2n1.CCC(=O)c1cc(-c2ccccc2F)c2c(C)c(C3=CCNCC3)c(C)cc2n1. The highest BCUT2D eigenvalue weighted by Crippen LogP contribution is 2.41. The molecule has 1 fully saturated rings. The molecule has 5 heterocycles. The molecule has 0 saturated carbocycles. The van der Waals surface area contributed by atoms with Crippen LogP contribution in [0.4, 0.5) is 8.78 Å². The molecular weight excluding hydrogens is 869 g/mol. The van der Waals surface area contributed by atoms with E-state index in [1.807, 2.05) is 45.0 Å². The molecule has 4 aromatic carbocycles. The minimum absolute atomic E-state index is 0.0371. The van der Waals surface area contributed by atoms with E-state index in [4.69, 9.17) is 4.74 Å². The molecule has 1 saturated heterocycles. The van der Waals surface area contributed by atoms with E-state index < -0.39 is 10.2 Å². The van der Waals surface area contributed by atoms with Gasteiger partial charge in [0.2, 0.25) is 0 Å². The largest absolute Gasteiger partial charge is 0.379 e. The predicted octanol–water partition coefficient (Wildman–Crippen LogP) is 10.5. The third-order valence-electron chi connectivity index (χ3n) is 13.1. The van der Waals surface area contributed by atoms with Gasteiger partial charge in [-0.05, 0) is 139 Å². The van der Waals surface area contributed by atoms with E-state index in [1.54, 1.807) is 49.4 Å². The number of carbonyl (C=O) groups excluding carboxylic acids is 2. The molecule has 0 radical (unpaired) electrons. The Morgan fingerprint density at radius 1 is 0.657 bits per heavy atom. The zero-order valence-electron chi connectivity index (χ0n) is 39.1. The van der Waals surface area contributed by atoms with Gasteiger partial charge in [0.05, 0.1) is 24.2 Å². The fraction of sp³-hybridized carbons (Fsp3) is 0.333. The number of fused-ring (bicyclic) bond motifs is 2. The molecule has 0 spiro atoms. The Morgan fingerprint density at radius 2 is 1.15 bits per heavy atom. The van der Waals surface area contributed by atoms with E-state index in [0.29, 0.717) is 85.7 Å². The number of aromatic nitrogens is 2. The topological polar surface area (TPSA) is 122 Å². The predicted molar refractivity (Wildman–Crippen MR) is 263 cm³/mol. The second kappa shape index (κ2) is 20.2. The van der Waals surface area contributed by atoms with Gasteiger partial charge < -0.3 is 10.1 Å². The number of rotatable bonds is 10. The maximum atomic E-state index is 15.0. The van der Waals surface area contributed by atoms with Crippen molar-refractivity contribution in [2.24, 2.45) is 0 Å². The van der Waals surface area contributed by atoms with E-state index >= 15 is 4.39 Å². The number of ketones is 2. The fourth-order valence-corrected chi connectivity index (χ4v) is 11.3. The Bertz CT molecular complexity index is 3110. The van der Waals surface area contributed by atoms with Crippen molar-refractivity contribution >= 4 is 54.7 Å². The molecule has 0 bridgehead atoms. The molecule has 3 aliphatic heterocycles. The van der Waals surface area contributed by atoms with Crippen LogP contribution in [0.25, 0.3) is 55.2 Å². The molecule has 0 atom stereocenters. The van der Waals surface area contributed by atoms with Crippen LogP contribution in [0.15, 0.2) is 84.9 Å². The Labute approximate surface area is 392 Å². The van der Waals surface area contributed by atoms with E-state index in [1.165, 1.54) is 31.9 Å². The standard InChI is InChI=1S/C29H32FN3O4S.C25H25FN2O/c1-4-27(34)25-18-23(22-7-5-6-8-24(22)30)29-20(3)28(19(2)17-26(29)31-25)21-9-11-32(12-10-21)38(35,36)33-13-15-37-16-14-33;1-4-23(29)21-14-19(18-7-5-6-8-20(18)26)25-16(3)24(15(2)13-22(25)28-21)17-9-11-27-12-10-17/h5-9,17-18H,4,10-16H2,1-3H3;5-9,13-14,27H,4,10-12H2,1-3H3. The van der Waals surface area contributed by atoms with Crippen LogP contribution in [0.5, 0.6) is 0 Å². The van der Waals surface area contributed by atoms with Crippen molar-refractivity contribution in [3.63, 3.8) is 0 Å². The van der Waals surface area contributed by atoms with Gasteiger partial charge in [0.15, 0.2) is 11.6 Å². The highest BCUT2D eigenvalue weighted by atomic mass is 32.2. The van der Waals surface area contributed by atoms with Crippen LogP contribution in [0.1, 0.15) is 93.9 Å². The molecule has 13 heteroatoms. The molecule has 2 aromatic heterocycles. The molecular formula is C54H57F2N5O5S. The van der Waals surface area contributed by atoms with Crippen LogP contribution in [0, 0.1) is 39.3 Å². The molecule has 0 aliphatic carbocycles. The number of hydrogen-bond donors (Lipinski definition) is 1. The molecule has 10 nitrogen and oxygen atoms in total. The first-order valence-corrected chi connectivity index (χ1v) is 24.5. The van der Waals surface area contributed by atoms with Gasteiger partial charge in [0, 0.05) is 67.5 Å². The number of benzene rings is 4. The quantitative estimate of drug-likeness (QED) is 0.135. The summed E-state index contributed by atoms with van der Waals surface area (Å²) in [6, 6.07) is 20.8. The van der Waals surface area contributed by atoms with Crippen LogP contribution in [0.2, 0.25) is 0 Å². The summed E-state index contributed by atoms with van der Waals surface area (Å²) in [5.41, 5.74) is 13.2. The lowest BCUT2D eigenvalue weighted by atomic mass is 9.86. The second-order valence-electron chi connectivity index (χ2n) is 17.3. The van der Waals surface area contributed by atoms with Gasteiger partial charge >= 0.3 is 0 Å². The third kappa shape index (κ3) is 9.53. The molecule has 1 N–H and O–H groups in total. The van der Waals surface area contributed by atoms with Gasteiger partial charge in [-0.25, -0.2) is 18.7 Å². The van der Waals surface area contributed by atoms with E-state index in [-0.39, 0.29) is 29.7 Å². The number of nitrogens with one attached hydrogen (secondary N) is 1. The Hall–Kier alpha value is -5.83. The van der Waals surface area contributed by atoms with Gasteiger partial charge in [-0.2, -0.15) is 17.0 Å². The van der Waals surface area contributed by atoms with E-state index in [9.17, 15) is 22.4 Å². The van der Waals surface area contributed by atoms with Crippen molar-refractivity contribution in [2.45, 2.75) is 67.2 Å². The number of Topliss-reactive ketones (excluding diaryl/α,β-unsaturated/α-hetero) is 2. The molecule has 6 aromatic rings. The van der Waals surface area contributed by atoms with Gasteiger partial charge in [-0.3, -0.25) is 9.59 Å². The van der Waals surface area contributed by atoms with Crippen molar-refractivity contribution in [3.8, 4) is 22.3 Å². The fourth-order valence-electron chi connectivity index (χ4n) is 9.82. The van der Waals surface area contributed by atoms with Crippen molar-refractivity contribution < 1.29 is 31.5 Å². The normalized spacial score (nSPS) is 16.1. The number of halogens is 2. The zero-order valence-corrected chi connectivity index (χ0v) is 39.9. The number of morpholine rings is 1. The highest BCUT2D eigenvalue weighted by Gasteiger charge is 2.33. The average Bonchev–Trinajstić information content (AvgIpc) is 3.34. The second-order valence-corrected chi connectivity index (χ2v) is 19.3. The van der Waals surface area contributed by atoms with Crippen LogP contribution in [-0.4, -0.2) is 91.0 Å². The average molecular weight is 926 g/mol. The zero-order chi connectivity index (χ0) is 47.6. The van der Waals surface area contributed by atoms with E-state index in [0.717, 1.165) is 74.8 Å². The van der Waals surface area contributed by atoms with Crippen LogP contribution < -0.4 is 5.32 Å². The van der Waals surface area contributed by atoms with Gasteiger partial charge in [0.1, 0.15) is 23.0 Å². The number of ether oxygens (including phenoxy) is 1. The Kier molecular flexibility index (Phi) is 14.4. The van der Waals surface area contributed by atoms with Crippen LogP contribution >= 0.6 is 0 Å². The van der Waals surface area contributed by atoms with Crippen LogP contribution in [-0.2, 0) is 14.9 Å². The summed E-state index contributed by atoms with van der Waals surface area (Å²) < 4.78 is 64.3. The smallest absolute Gasteiger partial charge is 0.282 e. The summed E-state index contributed by atoms with van der Waals surface area (Å²) in [6.07, 6.45) is 6.41. The Morgan fingerprint density at radius 3 is 1.58 bits per heavy atom. The molecule has 348 valence electrons. The first-order chi connectivity index (χ1) is 32.2. The lowest BCUT2D eigenvalue weighted by Gasteiger charge is -2.34. The minimum Gasteiger partial charge on any atom is -0.379 e. The van der Waals surface area contributed by atoms with Crippen molar-refractivity contribution in [2.75, 3.05) is 52.5 Å². The van der Waals surface area contributed by atoms with E-state index in [2.05, 4.69) is 35.2 Å².